The number of hydrogen-bond donors (Lipinski definition) is 0. The van der Waals surface area contributed by atoms with Gasteiger partial charge in [-0.2, -0.15) is 0 Å². The van der Waals surface area contributed by atoms with E-state index in [0.717, 1.165) is 41.7 Å². The molecule has 1 aliphatic rings. The maximum absolute atomic E-state index is 6.16. The lowest BCUT2D eigenvalue weighted by Crippen LogP contribution is -2.38. The molecule has 0 atom stereocenters. The van der Waals surface area contributed by atoms with Gasteiger partial charge in [-0.3, -0.25) is 0 Å². The summed E-state index contributed by atoms with van der Waals surface area (Å²) in [6.07, 6.45) is 3.53. The van der Waals surface area contributed by atoms with Crippen molar-refractivity contribution < 1.29 is 4.74 Å². The zero-order valence-corrected chi connectivity index (χ0v) is 18.4. The van der Waals surface area contributed by atoms with Gasteiger partial charge in [0.25, 0.3) is 0 Å². The van der Waals surface area contributed by atoms with Crippen molar-refractivity contribution in [2.75, 3.05) is 13.1 Å². The van der Waals surface area contributed by atoms with Crippen LogP contribution in [0.4, 0.5) is 0 Å². The Kier molecular flexibility index (Phi) is 6.81. The number of hydrogen-bond acceptors (Lipinski definition) is 2. The van der Waals surface area contributed by atoms with Crippen LogP contribution in [0.15, 0.2) is 78.9 Å². The van der Waals surface area contributed by atoms with Gasteiger partial charge in [-0.25, -0.2) is 0 Å². The summed E-state index contributed by atoms with van der Waals surface area (Å²) in [7, 11) is 0. The lowest BCUT2D eigenvalue weighted by atomic mass is 9.90. The van der Waals surface area contributed by atoms with Crippen molar-refractivity contribution in [3.05, 3.63) is 101 Å². The Balaban J connectivity index is 1.36. The normalized spacial score (nSPS) is 14.5. The van der Waals surface area contributed by atoms with E-state index in [1.54, 1.807) is 0 Å². The van der Waals surface area contributed by atoms with E-state index in [4.69, 9.17) is 17.0 Å². The van der Waals surface area contributed by atoms with Gasteiger partial charge < -0.3 is 9.64 Å². The summed E-state index contributed by atoms with van der Waals surface area (Å²) in [6.45, 7) is 4.69. The minimum Gasteiger partial charge on any atom is -0.488 e. The van der Waals surface area contributed by atoms with Crippen LogP contribution in [-0.4, -0.2) is 23.0 Å². The third-order valence-electron chi connectivity index (χ3n) is 5.90. The Bertz CT molecular complexity index is 960. The molecule has 1 heterocycles. The fraction of sp³-hybridized carbons (Fsp3) is 0.296. The maximum Gasteiger partial charge on any atom is 0.130 e. The van der Waals surface area contributed by atoms with Crippen LogP contribution in [0.5, 0.6) is 5.75 Å². The first kappa shape index (κ1) is 20.6. The quantitative estimate of drug-likeness (QED) is 0.445. The summed E-state index contributed by atoms with van der Waals surface area (Å²) in [5.41, 5.74) is 4.90. The van der Waals surface area contributed by atoms with E-state index in [1.165, 1.54) is 29.5 Å². The molecule has 0 aliphatic carbocycles. The molecule has 0 aromatic heterocycles. The third-order valence-corrected chi connectivity index (χ3v) is 6.38. The minimum absolute atomic E-state index is 0.555. The predicted octanol–water partition coefficient (Wildman–Crippen LogP) is 6.20. The summed E-state index contributed by atoms with van der Waals surface area (Å²) in [4.78, 5) is 3.26. The minimum atomic E-state index is 0.555. The number of rotatable bonds is 6. The van der Waals surface area contributed by atoms with E-state index in [9.17, 15) is 0 Å². The lowest BCUT2D eigenvalue weighted by Gasteiger charge is -2.34. The summed E-state index contributed by atoms with van der Waals surface area (Å²) in [5.74, 6) is 1.61. The van der Waals surface area contributed by atoms with Gasteiger partial charge in [0.05, 0.1) is 5.56 Å². The highest BCUT2D eigenvalue weighted by molar-refractivity contribution is 7.80. The molecule has 3 aromatic carbocycles. The monoisotopic (exact) mass is 415 g/mol. The molecule has 3 heteroatoms. The molecule has 0 bridgehead atoms. The molecule has 2 nitrogen and oxygen atoms in total. The van der Waals surface area contributed by atoms with Crippen LogP contribution in [0, 0.1) is 12.8 Å². The summed E-state index contributed by atoms with van der Waals surface area (Å²) in [5, 5.41) is 0. The number of benzene rings is 3. The van der Waals surface area contributed by atoms with Crippen LogP contribution in [0.25, 0.3) is 0 Å². The smallest absolute Gasteiger partial charge is 0.130 e. The molecule has 0 amide bonds. The SMILES string of the molecule is Cc1ccc(COc2ccccc2C(=S)N2CCC(Cc3ccccc3)CC2)cc1. The molecule has 3 aromatic rings. The second kappa shape index (κ2) is 9.90. The molecular weight excluding hydrogens is 386 g/mol. The molecular formula is C27H29NOS. The van der Waals surface area contributed by atoms with Crippen molar-refractivity contribution in [3.8, 4) is 5.75 Å². The van der Waals surface area contributed by atoms with E-state index in [0.29, 0.717) is 6.61 Å². The molecule has 0 N–H and O–H groups in total. The average molecular weight is 416 g/mol. The molecule has 4 rings (SSSR count). The van der Waals surface area contributed by atoms with Crippen LogP contribution >= 0.6 is 12.2 Å². The molecule has 154 valence electrons. The van der Waals surface area contributed by atoms with Crippen LogP contribution in [0.2, 0.25) is 0 Å². The predicted molar refractivity (Wildman–Crippen MR) is 128 cm³/mol. The number of thiocarbonyl (C=S) groups is 1. The fourth-order valence-corrected chi connectivity index (χ4v) is 4.42. The highest BCUT2D eigenvalue weighted by Crippen LogP contribution is 2.27. The van der Waals surface area contributed by atoms with E-state index in [-0.39, 0.29) is 0 Å². The van der Waals surface area contributed by atoms with Gasteiger partial charge >= 0.3 is 0 Å². The molecule has 30 heavy (non-hydrogen) atoms. The van der Waals surface area contributed by atoms with Crippen molar-refractivity contribution in [1.82, 2.24) is 4.90 Å². The first-order valence-electron chi connectivity index (χ1n) is 10.8. The number of likely N-dealkylation sites (tertiary alicyclic amines) is 1. The number of ether oxygens (including phenoxy) is 1. The molecule has 0 radical (unpaired) electrons. The second-order valence-electron chi connectivity index (χ2n) is 8.20. The number of piperidine rings is 1. The van der Waals surface area contributed by atoms with Crippen molar-refractivity contribution in [2.45, 2.75) is 32.8 Å². The summed E-state index contributed by atoms with van der Waals surface area (Å²) >= 11 is 5.89. The Morgan fingerprint density at radius 1 is 0.867 bits per heavy atom. The van der Waals surface area contributed by atoms with Gasteiger partial charge in [0, 0.05) is 13.1 Å². The Labute approximate surface area is 185 Å². The topological polar surface area (TPSA) is 12.5 Å². The molecule has 1 aliphatic heterocycles. The molecule has 0 unspecified atom stereocenters. The Morgan fingerprint density at radius 2 is 1.53 bits per heavy atom. The van der Waals surface area contributed by atoms with E-state index < -0.39 is 0 Å². The van der Waals surface area contributed by atoms with Crippen molar-refractivity contribution >= 4 is 17.2 Å². The average Bonchev–Trinajstić information content (AvgIpc) is 2.80. The Morgan fingerprint density at radius 3 is 2.27 bits per heavy atom. The largest absolute Gasteiger partial charge is 0.488 e. The number of para-hydroxylation sites is 1. The van der Waals surface area contributed by atoms with Gasteiger partial charge in [-0.05, 0) is 55.4 Å². The third kappa shape index (κ3) is 5.28. The number of nitrogens with zero attached hydrogens (tertiary/aromatic N) is 1. The van der Waals surface area contributed by atoms with Gasteiger partial charge in [-0.1, -0.05) is 84.5 Å². The zero-order valence-electron chi connectivity index (χ0n) is 17.6. The van der Waals surface area contributed by atoms with Crippen LogP contribution in [-0.2, 0) is 13.0 Å². The van der Waals surface area contributed by atoms with Gasteiger partial charge in [0.15, 0.2) is 0 Å². The molecule has 0 spiro atoms. The second-order valence-corrected chi connectivity index (χ2v) is 8.58. The van der Waals surface area contributed by atoms with Gasteiger partial charge in [0.2, 0.25) is 0 Å². The molecule has 1 fully saturated rings. The fourth-order valence-electron chi connectivity index (χ4n) is 4.07. The first-order valence-corrected chi connectivity index (χ1v) is 11.2. The maximum atomic E-state index is 6.16. The highest BCUT2D eigenvalue weighted by Gasteiger charge is 2.23. The van der Waals surface area contributed by atoms with Crippen LogP contribution in [0.3, 0.4) is 0 Å². The van der Waals surface area contributed by atoms with Gasteiger partial charge in [0.1, 0.15) is 17.3 Å². The van der Waals surface area contributed by atoms with E-state index in [2.05, 4.69) is 72.5 Å². The van der Waals surface area contributed by atoms with Crippen molar-refractivity contribution in [3.63, 3.8) is 0 Å². The summed E-state index contributed by atoms with van der Waals surface area (Å²) in [6, 6.07) is 27.5. The van der Waals surface area contributed by atoms with Crippen LogP contribution < -0.4 is 4.74 Å². The van der Waals surface area contributed by atoms with Crippen molar-refractivity contribution in [1.29, 1.82) is 0 Å². The molecule has 0 saturated carbocycles. The van der Waals surface area contributed by atoms with Gasteiger partial charge in [-0.15, -0.1) is 0 Å². The Hall–Kier alpha value is -2.65. The first-order chi connectivity index (χ1) is 14.7. The summed E-state index contributed by atoms with van der Waals surface area (Å²) < 4.78 is 6.16. The standard InChI is InChI=1S/C27H29NOS/c1-21-11-13-24(14-12-21)20-29-26-10-6-5-9-25(26)27(30)28-17-15-23(16-18-28)19-22-7-3-2-4-8-22/h2-14,23H,15-20H2,1H3. The van der Waals surface area contributed by atoms with Crippen LogP contribution in [0.1, 0.15) is 35.1 Å². The van der Waals surface area contributed by atoms with E-state index >= 15 is 0 Å². The van der Waals surface area contributed by atoms with Crippen molar-refractivity contribution in [2.24, 2.45) is 5.92 Å². The van der Waals surface area contributed by atoms with E-state index in [1.807, 2.05) is 18.2 Å². The zero-order chi connectivity index (χ0) is 20.8. The number of aryl methyl sites for hydroxylation is 1. The highest BCUT2D eigenvalue weighted by atomic mass is 32.1. The molecule has 1 saturated heterocycles. The lowest BCUT2D eigenvalue weighted by molar-refractivity contribution is 0.267.